The Morgan fingerprint density at radius 1 is 0.692 bits per heavy atom. The minimum absolute atomic E-state index is 0.152. The van der Waals surface area contributed by atoms with E-state index in [-0.39, 0.29) is 35.0 Å². The highest BCUT2D eigenvalue weighted by atomic mass is 32.2. The first-order chi connectivity index (χ1) is 18.7. The number of anilines is 2. The van der Waals surface area contributed by atoms with E-state index in [2.05, 4.69) is 10.6 Å². The number of ketones is 1. The maximum Gasteiger partial charge on any atom is 0.257 e. The third-order valence-electron chi connectivity index (χ3n) is 6.02. The lowest BCUT2D eigenvalue weighted by molar-refractivity contribution is -0.115. The average molecular weight is 541 g/mol. The van der Waals surface area contributed by atoms with Gasteiger partial charge in [-0.1, -0.05) is 84.4 Å². The molecule has 0 bridgehead atoms. The van der Waals surface area contributed by atoms with Crippen LogP contribution in [-0.4, -0.2) is 31.8 Å². The van der Waals surface area contributed by atoms with Gasteiger partial charge in [-0.3, -0.25) is 14.4 Å². The number of para-hydroxylation sites is 1. The number of hydrogen-bond donors (Lipinski definition) is 2. The Hall–Kier alpha value is -4.56. The van der Waals surface area contributed by atoms with Gasteiger partial charge in [0.05, 0.1) is 28.4 Å². The maximum atomic E-state index is 13.3. The number of carbonyl (C=O) groups excluding carboxylic acids is 3. The second-order valence-corrected chi connectivity index (χ2v) is 11.3. The first-order valence-corrected chi connectivity index (χ1v) is 14.2. The van der Waals surface area contributed by atoms with Gasteiger partial charge in [-0.2, -0.15) is 0 Å². The van der Waals surface area contributed by atoms with Crippen LogP contribution < -0.4 is 10.6 Å². The molecule has 2 amide bonds. The fraction of sp³-hybridized carbons (Fsp3) is 0.129. The molecule has 0 spiro atoms. The zero-order valence-electron chi connectivity index (χ0n) is 21.4. The monoisotopic (exact) mass is 540 g/mol. The molecular weight excluding hydrogens is 512 g/mol. The predicted octanol–water partition coefficient (Wildman–Crippen LogP) is 5.42. The van der Waals surface area contributed by atoms with Gasteiger partial charge in [0, 0.05) is 17.5 Å². The van der Waals surface area contributed by atoms with Crippen LogP contribution in [0.4, 0.5) is 11.4 Å². The van der Waals surface area contributed by atoms with Gasteiger partial charge in [0.2, 0.25) is 5.91 Å². The molecule has 0 fully saturated rings. The Morgan fingerprint density at radius 3 is 2.03 bits per heavy atom. The topological polar surface area (TPSA) is 109 Å². The zero-order chi connectivity index (χ0) is 27.8. The van der Waals surface area contributed by atoms with Crippen molar-refractivity contribution >= 4 is 38.8 Å². The number of aryl methyl sites for hydroxylation is 1. The van der Waals surface area contributed by atoms with Crippen molar-refractivity contribution in [3.05, 3.63) is 131 Å². The summed E-state index contributed by atoms with van der Waals surface area (Å²) in [4.78, 5) is 39.1. The summed E-state index contributed by atoms with van der Waals surface area (Å²) in [6.45, 7) is 1.86. The van der Waals surface area contributed by atoms with Gasteiger partial charge in [-0.25, -0.2) is 8.42 Å². The minimum Gasteiger partial charge on any atom is -0.325 e. The van der Waals surface area contributed by atoms with Crippen LogP contribution in [0.5, 0.6) is 0 Å². The van der Waals surface area contributed by atoms with Gasteiger partial charge >= 0.3 is 0 Å². The van der Waals surface area contributed by atoms with Crippen LogP contribution in [0.25, 0.3) is 0 Å². The van der Waals surface area contributed by atoms with Crippen molar-refractivity contribution in [2.75, 3.05) is 16.4 Å². The highest BCUT2D eigenvalue weighted by Crippen LogP contribution is 2.24. The summed E-state index contributed by atoms with van der Waals surface area (Å²) in [5.74, 6) is -1.75. The van der Waals surface area contributed by atoms with E-state index in [1.807, 2.05) is 13.0 Å². The molecule has 8 heteroatoms. The van der Waals surface area contributed by atoms with Crippen LogP contribution in [0.2, 0.25) is 0 Å². The number of nitrogens with one attached hydrogen (secondary N) is 2. The lowest BCUT2D eigenvalue weighted by Crippen LogP contribution is -2.21. The van der Waals surface area contributed by atoms with Gasteiger partial charge < -0.3 is 10.6 Å². The Kier molecular flexibility index (Phi) is 8.68. The van der Waals surface area contributed by atoms with Crippen molar-refractivity contribution in [1.82, 2.24) is 0 Å². The maximum absolute atomic E-state index is 13.3. The molecule has 4 aromatic carbocycles. The van der Waals surface area contributed by atoms with Gasteiger partial charge in [0.25, 0.3) is 5.91 Å². The predicted molar refractivity (Wildman–Crippen MR) is 153 cm³/mol. The molecule has 0 saturated carbocycles. The fourth-order valence-electron chi connectivity index (χ4n) is 4.04. The van der Waals surface area contributed by atoms with Crippen molar-refractivity contribution in [3.63, 3.8) is 0 Å². The van der Waals surface area contributed by atoms with Crippen molar-refractivity contribution in [2.24, 2.45) is 0 Å². The Bertz CT molecular complexity index is 1600. The molecule has 4 rings (SSSR count). The number of hydrogen-bond acceptors (Lipinski definition) is 5. The van der Waals surface area contributed by atoms with Crippen LogP contribution in [0, 0.1) is 6.92 Å². The second kappa shape index (κ2) is 12.3. The average Bonchev–Trinajstić information content (AvgIpc) is 2.93. The Labute approximate surface area is 227 Å². The summed E-state index contributed by atoms with van der Waals surface area (Å²) in [6, 6.07) is 29.2. The first kappa shape index (κ1) is 27.5. The second-order valence-electron chi connectivity index (χ2n) is 9.12. The summed E-state index contributed by atoms with van der Waals surface area (Å²) < 4.78 is 25.0. The van der Waals surface area contributed by atoms with Gasteiger partial charge in [-0.05, 0) is 36.8 Å². The van der Waals surface area contributed by atoms with Crippen molar-refractivity contribution in [3.8, 4) is 0 Å². The minimum atomic E-state index is -3.50. The first-order valence-electron chi connectivity index (χ1n) is 12.4. The molecule has 7 nitrogen and oxygen atoms in total. The number of rotatable bonds is 10. The summed E-state index contributed by atoms with van der Waals surface area (Å²) in [5, 5.41) is 5.45. The van der Waals surface area contributed by atoms with Crippen LogP contribution in [0.1, 0.15) is 43.8 Å². The molecule has 0 aromatic heterocycles. The third-order valence-corrected chi connectivity index (χ3v) is 7.62. The highest BCUT2D eigenvalue weighted by Gasteiger charge is 2.20. The van der Waals surface area contributed by atoms with Gasteiger partial charge in [0.1, 0.15) is 0 Å². The molecule has 0 unspecified atom stereocenters. The molecule has 198 valence electrons. The van der Waals surface area contributed by atoms with E-state index < -0.39 is 21.7 Å². The number of amides is 2. The standard InChI is InChI=1S/C31H28N2O5S/c1-22-16-17-28(26(20-22)30(35)24-12-6-3-7-13-24)33-31(36)25-14-8-9-15-27(25)32-29(34)18-19-39(37,38)21-23-10-4-2-5-11-23/h2-17,20H,18-19,21H2,1H3,(H,32,34)(H,33,36). The van der Waals surface area contributed by atoms with Crippen LogP contribution in [-0.2, 0) is 20.4 Å². The molecule has 0 radical (unpaired) electrons. The van der Waals surface area contributed by atoms with E-state index in [9.17, 15) is 22.8 Å². The molecule has 0 aliphatic heterocycles. The van der Waals surface area contributed by atoms with E-state index in [1.165, 1.54) is 0 Å². The lowest BCUT2D eigenvalue weighted by Gasteiger charge is -2.14. The molecule has 0 heterocycles. The van der Waals surface area contributed by atoms with E-state index >= 15 is 0 Å². The normalized spacial score (nSPS) is 11.0. The van der Waals surface area contributed by atoms with Crippen LogP contribution >= 0.6 is 0 Å². The van der Waals surface area contributed by atoms with Gasteiger partial charge in [0.15, 0.2) is 15.6 Å². The van der Waals surface area contributed by atoms with Crippen molar-refractivity contribution in [1.29, 1.82) is 0 Å². The summed E-state index contributed by atoms with van der Waals surface area (Å²) in [5.41, 5.74) is 3.12. The molecule has 2 N–H and O–H groups in total. The van der Waals surface area contributed by atoms with E-state index in [1.54, 1.807) is 97.1 Å². The number of carbonyl (C=O) groups is 3. The van der Waals surface area contributed by atoms with Gasteiger partial charge in [-0.15, -0.1) is 0 Å². The van der Waals surface area contributed by atoms with Crippen LogP contribution in [0.3, 0.4) is 0 Å². The summed E-state index contributed by atoms with van der Waals surface area (Å²) in [6.07, 6.45) is -0.251. The number of benzene rings is 4. The fourth-order valence-corrected chi connectivity index (χ4v) is 5.38. The van der Waals surface area contributed by atoms with Crippen molar-refractivity contribution in [2.45, 2.75) is 19.1 Å². The number of sulfone groups is 1. The third kappa shape index (κ3) is 7.49. The summed E-state index contributed by atoms with van der Waals surface area (Å²) >= 11 is 0. The quantitative estimate of drug-likeness (QED) is 0.261. The van der Waals surface area contributed by atoms with Crippen molar-refractivity contribution < 1.29 is 22.8 Å². The van der Waals surface area contributed by atoms with Crippen LogP contribution in [0.15, 0.2) is 103 Å². The lowest BCUT2D eigenvalue weighted by atomic mass is 9.99. The smallest absolute Gasteiger partial charge is 0.257 e. The van der Waals surface area contributed by atoms with E-state index in [0.29, 0.717) is 22.4 Å². The SMILES string of the molecule is Cc1ccc(NC(=O)c2ccccc2NC(=O)CCS(=O)(=O)Cc2ccccc2)c(C(=O)c2ccccc2)c1. The molecule has 4 aromatic rings. The molecule has 0 saturated heterocycles. The molecule has 0 atom stereocenters. The molecular formula is C31H28N2O5S. The Morgan fingerprint density at radius 2 is 1.31 bits per heavy atom. The zero-order valence-corrected chi connectivity index (χ0v) is 22.2. The highest BCUT2D eigenvalue weighted by molar-refractivity contribution is 7.90. The molecule has 0 aliphatic rings. The summed E-state index contributed by atoms with van der Waals surface area (Å²) in [7, 11) is -3.50. The molecule has 0 aliphatic carbocycles. The Balaban J connectivity index is 1.46. The van der Waals surface area contributed by atoms with E-state index in [0.717, 1.165) is 5.56 Å². The van der Waals surface area contributed by atoms with E-state index in [4.69, 9.17) is 0 Å². The largest absolute Gasteiger partial charge is 0.325 e. The molecule has 39 heavy (non-hydrogen) atoms.